The van der Waals surface area contributed by atoms with E-state index >= 15 is 0 Å². The lowest BCUT2D eigenvalue weighted by atomic mass is 9.55. The fraction of sp³-hybridized carbons (Fsp3) is 0.667. The van der Waals surface area contributed by atoms with Crippen molar-refractivity contribution in [3.05, 3.63) is 29.3 Å². The van der Waals surface area contributed by atoms with E-state index in [4.69, 9.17) is 9.47 Å². The van der Waals surface area contributed by atoms with Gasteiger partial charge in [0.15, 0.2) is 0 Å². The Morgan fingerprint density at radius 1 is 1.21 bits per heavy atom. The van der Waals surface area contributed by atoms with E-state index in [1.54, 1.807) is 19.6 Å². The number of ether oxygens (including phenoxy) is 2. The fourth-order valence-electron chi connectivity index (χ4n) is 6.03. The predicted molar refractivity (Wildman–Crippen MR) is 93.2 cm³/mol. The first kappa shape index (κ1) is 16.0. The summed E-state index contributed by atoms with van der Waals surface area (Å²) >= 11 is 0. The van der Waals surface area contributed by atoms with E-state index in [2.05, 4.69) is 25.1 Å². The summed E-state index contributed by atoms with van der Waals surface area (Å²) in [5, 5.41) is 0. The van der Waals surface area contributed by atoms with Crippen molar-refractivity contribution in [1.29, 1.82) is 0 Å². The Kier molecular flexibility index (Phi) is 3.85. The molecule has 1 aromatic rings. The molecule has 0 heterocycles. The minimum Gasteiger partial charge on any atom is -0.497 e. The quantitative estimate of drug-likeness (QED) is 0.751. The van der Waals surface area contributed by atoms with E-state index in [0.717, 1.165) is 24.5 Å². The van der Waals surface area contributed by atoms with Crippen molar-refractivity contribution in [1.82, 2.24) is 0 Å². The number of esters is 1. The summed E-state index contributed by atoms with van der Waals surface area (Å²) in [5.41, 5.74) is 3.20. The summed E-state index contributed by atoms with van der Waals surface area (Å²) in [6.07, 6.45) is 7.17. The van der Waals surface area contributed by atoms with Crippen molar-refractivity contribution >= 4 is 5.97 Å². The zero-order valence-corrected chi connectivity index (χ0v) is 15.0. The number of hydrogen-bond donors (Lipinski definition) is 0. The Bertz CT molecular complexity index is 652. The van der Waals surface area contributed by atoms with Gasteiger partial charge in [0.05, 0.1) is 7.11 Å². The largest absolute Gasteiger partial charge is 0.497 e. The lowest BCUT2D eigenvalue weighted by Gasteiger charge is -2.50. The third kappa shape index (κ3) is 2.35. The fourth-order valence-corrected chi connectivity index (χ4v) is 6.03. The second-order valence-electron chi connectivity index (χ2n) is 8.20. The first-order chi connectivity index (χ1) is 11.5. The van der Waals surface area contributed by atoms with Gasteiger partial charge in [-0.25, -0.2) is 0 Å². The van der Waals surface area contributed by atoms with Gasteiger partial charge in [-0.3, -0.25) is 4.79 Å². The van der Waals surface area contributed by atoms with Crippen LogP contribution in [-0.2, 0) is 16.0 Å². The van der Waals surface area contributed by atoms with Gasteiger partial charge in [-0.05, 0) is 79.5 Å². The van der Waals surface area contributed by atoms with E-state index in [9.17, 15) is 4.79 Å². The second kappa shape index (κ2) is 5.79. The number of aryl methyl sites for hydroxylation is 1. The molecule has 0 amide bonds. The maximum absolute atomic E-state index is 11.5. The van der Waals surface area contributed by atoms with Crippen molar-refractivity contribution in [3.8, 4) is 5.75 Å². The first-order valence-electron chi connectivity index (χ1n) is 9.37. The summed E-state index contributed by atoms with van der Waals surface area (Å²) in [4.78, 5) is 11.5. The Morgan fingerprint density at radius 2 is 2.04 bits per heavy atom. The molecule has 24 heavy (non-hydrogen) atoms. The van der Waals surface area contributed by atoms with Gasteiger partial charge in [-0.15, -0.1) is 0 Å². The van der Waals surface area contributed by atoms with Crippen molar-refractivity contribution in [2.45, 2.75) is 64.4 Å². The van der Waals surface area contributed by atoms with Crippen LogP contribution in [0.4, 0.5) is 0 Å². The maximum Gasteiger partial charge on any atom is 0.302 e. The van der Waals surface area contributed by atoms with E-state index in [0.29, 0.717) is 11.8 Å². The lowest BCUT2D eigenvalue weighted by Crippen LogP contribution is -2.45. The van der Waals surface area contributed by atoms with Gasteiger partial charge in [-0.2, -0.15) is 0 Å². The molecule has 0 aliphatic heterocycles. The molecule has 4 rings (SSSR count). The van der Waals surface area contributed by atoms with Crippen LogP contribution in [0.1, 0.15) is 63.0 Å². The summed E-state index contributed by atoms with van der Waals surface area (Å²) in [6, 6.07) is 6.65. The van der Waals surface area contributed by atoms with Crippen LogP contribution in [0.5, 0.6) is 5.75 Å². The minimum absolute atomic E-state index is 0.120. The lowest BCUT2D eigenvalue weighted by molar-refractivity contribution is -0.154. The molecule has 3 heteroatoms. The van der Waals surface area contributed by atoms with E-state index in [1.807, 2.05) is 0 Å². The molecule has 3 unspecified atom stereocenters. The average Bonchev–Trinajstić information content (AvgIpc) is 2.90. The number of carbonyl (C=O) groups is 1. The van der Waals surface area contributed by atoms with Crippen molar-refractivity contribution in [3.63, 3.8) is 0 Å². The Balaban J connectivity index is 1.62. The highest BCUT2D eigenvalue weighted by atomic mass is 16.5. The Morgan fingerprint density at radius 3 is 2.79 bits per heavy atom. The summed E-state index contributed by atoms with van der Waals surface area (Å²) in [5.74, 6) is 2.96. The SMILES string of the molecule is COc1ccc2c(c1)CCC1C2CC[C@@]2(C)C1CC[C@@H]2OC(C)=O. The molecule has 2 fully saturated rings. The Hall–Kier alpha value is -1.51. The molecule has 0 saturated heterocycles. The zero-order chi connectivity index (χ0) is 16.9. The first-order valence-corrected chi connectivity index (χ1v) is 9.37. The van der Waals surface area contributed by atoms with E-state index in [1.165, 1.54) is 31.2 Å². The molecular formula is C21H28O3. The number of benzene rings is 1. The molecule has 0 N–H and O–H groups in total. The van der Waals surface area contributed by atoms with E-state index < -0.39 is 0 Å². The topological polar surface area (TPSA) is 35.5 Å². The summed E-state index contributed by atoms with van der Waals surface area (Å²) < 4.78 is 11.1. The molecule has 2 saturated carbocycles. The number of fused-ring (bicyclic) bond motifs is 5. The molecule has 0 bridgehead atoms. The molecule has 3 nitrogen and oxygen atoms in total. The smallest absolute Gasteiger partial charge is 0.302 e. The second-order valence-corrected chi connectivity index (χ2v) is 8.20. The number of rotatable bonds is 2. The van der Waals surface area contributed by atoms with Crippen molar-refractivity contribution in [2.75, 3.05) is 7.11 Å². The molecule has 5 atom stereocenters. The molecule has 3 aliphatic carbocycles. The van der Waals surface area contributed by atoms with E-state index in [-0.39, 0.29) is 17.5 Å². The van der Waals surface area contributed by atoms with Crippen LogP contribution >= 0.6 is 0 Å². The number of hydrogen-bond acceptors (Lipinski definition) is 3. The van der Waals surface area contributed by atoms with Crippen molar-refractivity contribution < 1.29 is 14.3 Å². The third-order valence-electron chi connectivity index (χ3n) is 7.15. The molecular weight excluding hydrogens is 300 g/mol. The van der Waals surface area contributed by atoms with Gasteiger partial charge in [0, 0.05) is 12.3 Å². The normalized spacial score (nSPS) is 37.1. The third-order valence-corrected chi connectivity index (χ3v) is 7.15. The molecule has 1 aromatic carbocycles. The summed E-state index contributed by atoms with van der Waals surface area (Å²) in [6.45, 7) is 3.92. The van der Waals surface area contributed by atoms with Gasteiger partial charge in [0.1, 0.15) is 11.9 Å². The van der Waals surface area contributed by atoms with Gasteiger partial charge in [0.2, 0.25) is 0 Å². The highest BCUT2D eigenvalue weighted by Gasteiger charge is 2.56. The van der Waals surface area contributed by atoms with Crippen LogP contribution in [0.15, 0.2) is 18.2 Å². The van der Waals surface area contributed by atoms with Crippen LogP contribution in [0.25, 0.3) is 0 Å². The minimum atomic E-state index is -0.120. The Labute approximate surface area is 144 Å². The highest BCUT2D eigenvalue weighted by Crippen LogP contribution is 2.61. The predicted octanol–water partition coefficient (Wildman–Crippen LogP) is 4.48. The van der Waals surface area contributed by atoms with Crippen LogP contribution in [0.3, 0.4) is 0 Å². The maximum atomic E-state index is 11.5. The molecule has 130 valence electrons. The summed E-state index contributed by atoms with van der Waals surface area (Å²) in [7, 11) is 1.74. The number of carbonyl (C=O) groups excluding carboxylic acids is 1. The van der Waals surface area contributed by atoms with Gasteiger partial charge in [-0.1, -0.05) is 13.0 Å². The standard InChI is InChI=1S/C21H28O3/c1-13(22)24-20-9-8-19-18-6-4-14-12-15(23-3)5-7-16(14)17(18)10-11-21(19,20)2/h5,7,12,17-20H,4,6,8-11H2,1-3H3/t17?,18?,19?,20-,21-/m0/s1. The molecule has 0 spiro atoms. The van der Waals surface area contributed by atoms with Crippen LogP contribution in [-0.4, -0.2) is 19.2 Å². The van der Waals surface area contributed by atoms with Crippen LogP contribution < -0.4 is 4.74 Å². The average molecular weight is 328 g/mol. The van der Waals surface area contributed by atoms with Gasteiger partial charge >= 0.3 is 5.97 Å². The van der Waals surface area contributed by atoms with Gasteiger partial charge < -0.3 is 9.47 Å². The molecule has 3 aliphatic rings. The monoisotopic (exact) mass is 328 g/mol. The zero-order valence-electron chi connectivity index (χ0n) is 15.0. The van der Waals surface area contributed by atoms with Crippen LogP contribution in [0.2, 0.25) is 0 Å². The molecule has 0 radical (unpaired) electrons. The van der Waals surface area contributed by atoms with Gasteiger partial charge in [0.25, 0.3) is 0 Å². The van der Waals surface area contributed by atoms with Crippen LogP contribution in [0, 0.1) is 17.3 Å². The van der Waals surface area contributed by atoms with Crippen molar-refractivity contribution in [2.24, 2.45) is 17.3 Å². The number of methoxy groups -OCH3 is 1. The molecule has 0 aromatic heterocycles. The highest BCUT2D eigenvalue weighted by molar-refractivity contribution is 5.66.